The van der Waals surface area contributed by atoms with Crippen LogP contribution in [0.1, 0.15) is 63.3 Å². The molecule has 2 aliphatic rings. The molecule has 1 saturated heterocycles. The number of hydrogen-bond acceptors (Lipinski definition) is 3. The summed E-state index contributed by atoms with van der Waals surface area (Å²) in [4.78, 5) is 4.38. The summed E-state index contributed by atoms with van der Waals surface area (Å²) in [6, 6.07) is 0.631. The van der Waals surface area contributed by atoms with E-state index in [4.69, 9.17) is 4.74 Å². The lowest BCUT2D eigenvalue weighted by Gasteiger charge is -2.32. The van der Waals surface area contributed by atoms with Gasteiger partial charge in [0, 0.05) is 19.1 Å². The van der Waals surface area contributed by atoms with Gasteiger partial charge in [0.2, 0.25) is 0 Å². The Bertz CT molecular complexity index is 404. The van der Waals surface area contributed by atoms with Crippen LogP contribution in [0.3, 0.4) is 0 Å². The molecule has 4 nitrogen and oxygen atoms in total. The standard InChI is InChI=1S/C16H27N3O/c1-2-3-13-4-6-14(7-5-13)19-12-18-10-15(19)16-11-17-8-9-20-16/h10,12-14,16-17H,2-9,11H2,1H3. The molecule has 0 amide bonds. The minimum atomic E-state index is 0.180. The SMILES string of the molecule is CCCC1CCC(n2cncc2C2CNCCO2)CC1. The first-order valence-electron chi connectivity index (χ1n) is 8.22. The van der Waals surface area contributed by atoms with Gasteiger partial charge in [-0.1, -0.05) is 19.8 Å². The molecule has 20 heavy (non-hydrogen) atoms. The summed E-state index contributed by atoms with van der Waals surface area (Å²) >= 11 is 0. The van der Waals surface area contributed by atoms with E-state index in [1.54, 1.807) is 0 Å². The molecule has 1 aliphatic heterocycles. The number of morpholine rings is 1. The number of hydrogen-bond donors (Lipinski definition) is 1. The van der Waals surface area contributed by atoms with Gasteiger partial charge in [0.25, 0.3) is 0 Å². The van der Waals surface area contributed by atoms with Gasteiger partial charge >= 0.3 is 0 Å². The van der Waals surface area contributed by atoms with Crippen molar-refractivity contribution in [3.8, 4) is 0 Å². The highest BCUT2D eigenvalue weighted by Crippen LogP contribution is 2.36. The van der Waals surface area contributed by atoms with Crippen LogP contribution >= 0.6 is 0 Å². The van der Waals surface area contributed by atoms with Crippen LogP contribution in [0.25, 0.3) is 0 Å². The second-order valence-corrected chi connectivity index (χ2v) is 6.25. The Kier molecular flexibility index (Phi) is 4.73. The zero-order valence-corrected chi connectivity index (χ0v) is 12.6. The summed E-state index contributed by atoms with van der Waals surface area (Å²) in [5.41, 5.74) is 1.26. The van der Waals surface area contributed by atoms with Crippen molar-refractivity contribution in [3.05, 3.63) is 18.2 Å². The van der Waals surface area contributed by atoms with Gasteiger partial charge in [0.15, 0.2) is 0 Å². The normalized spacial score (nSPS) is 31.4. The first-order valence-corrected chi connectivity index (χ1v) is 8.22. The van der Waals surface area contributed by atoms with Gasteiger partial charge in [-0.25, -0.2) is 4.98 Å². The van der Waals surface area contributed by atoms with Gasteiger partial charge in [-0.15, -0.1) is 0 Å². The highest BCUT2D eigenvalue weighted by Gasteiger charge is 2.26. The number of aromatic nitrogens is 2. The van der Waals surface area contributed by atoms with E-state index in [9.17, 15) is 0 Å². The third kappa shape index (κ3) is 3.07. The van der Waals surface area contributed by atoms with Crippen LogP contribution in [0.15, 0.2) is 12.5 Å². The van der Waals surface area contributed by atoms with E-state index in [1.807, 2.05) is 12.5 Å². The van der Waals surface area contributed by atoms with Crippen LogP contribution in [0.4, 0.5) is 0 Å². The van der Waals surface area contributed by atoms with E-state index in [2.05, 4.69) is 21.8 Å². The van der Waals surface area contributed by atoms with E-state index in [-0.39, 0.29) is 6.10 Å². The van der Waals surface area contributed by atoms with E-state index < -0.39 is 0 Å². The Morgan fingerprint density at radius 2 is 2.20 bits per heavy atom. The van der Waals surface area contributed by atoms with E-state index in [0.29, 0.717) is 6.04 Å². The monoisotopic (exact) mass is 277 g/mol. The predicted octanol–water partition coefficient (Wildman–Crippen LogP) is 3.08. The molecule has 0 radical (unpaired) electrons. The molecule has 1 aromatic heterocycles. The molecule has 0 spiro atoms. The smallest absolute Gasteiger partial charge is 0.111 e. The van der Waals surface area contributed by atoms with Crippen molar-refractivity contribution in [2.75, 3.05) is 19.7 Å². The summed E-state index contributed by atoms with van der Waals surface area (Å²) in [6.45, 7) is 4.98. The fraction of sp³-hybridized carbons (Fsp3) is 0.812. The molecule has 3 rings (SSSR count). The van der Waals surface area contributed by atoms with Crippen molar-refractivity contribution in [1.82, 2.24) is 14.9 Å². The van der Waals surface area contributed by atoms with Crippen molar-refractivity contribution in [2.45, 2.75) is 57.6 Å². The minimum absolute atomic E-state index is 0.180. The zero-order chi connectivity index (χ0) is 13.8. The molecule has 1 saturated carbocycles. The second-order valence-electron chi connectivity index (χ2n) is 6.25. The average Bonchev–Trinajstić information content (AvgIpc) is 2.99. The summed E-state index contributed by atoms with van der Waals surface area (Å²) in [5.74, 6) is 0.954. The van der Waals surface area contributed by atoms with Crippen molar-refractivity contribution in [3.63, 3.8) is 0 Å². The zero-order valence-electron chi connectivity index (χ0n) is 12.6. The molecule has 4 heteroatoms. The summed E-state index contributed by atoms with van der Waals surface area (Å²) < 4.78 is 8.28. The molecule has 1 atom stereocenters. The van der Waals surface area contributed by atoms with Crippen LogP contribution in [0.5, 0.6) is 0 Å². The van der Waals surface area contributed by atoms with Crippen molar-refractivity contribution < 1.29 is 4.74 Å². The lowest BCUT2D eigenvalue weighted by Crippen LogP contribution is -2.34. The van der Waals surface area contributed by atoms with Crippen LogP contribution in [-0.4, -0.2) is 29.2 Å². The van der Waals surface area contributed by atoms with Gasteiger partial charge < -0.3 is 14.6 Å². The predicted molar refractivity (Wildman–Crippen MR) is 79.7 cm³/mol. The Balaban J connectivity index is 1.64. The summed E-state index contributed by atoms with van der Waals surface area (Å²) in [7, 11) is 0. The number of imidazole rings is 1. The number of nitrogens with zero attached hydrogens (tertiary/aromatic N) is 2. The van der Waals surface area contributed by atoms with E-state index >= 15 is 0 Å². The summed E-state index contributed by atoms with van der Waals surface area (Å²) in [5, 5.41) is 3.41. The van der Waals surface area contributed by atoms with Gasteiger partial charge in [0.05, 0.1) is 24.8 Å². The molecule has 1 aromatic rings. The Morgan fingerprint density at radius 3 is 2.90 bits per heavy atom. The highest BCUT2D eigenvalue weighted by atomic mass is 16.5. The third-order valence-corrected chi connectivity index (χ3v) is 4.86. The molecule has 0 bridgehead atoms. The molecule has 1 unspecified atom stereocenters. The Hall–Kier alpha value is -0.870. The molecule has 1 N–H and O–H groups in total. The Labute approximate surface area is 121 Å². The van der Waals surface area contributed by atoms with Gasteiger partial charge in [-0.05, 0) is 31.6 Å². The number of rotatable bonds is 4. The summed E-state index contributed by atoms with van der Waals surface area (Å²) in [6.07, 6.45) is 12.3. The fourth-order valence-electron chi connectivity index (χ4n) is 3.74. The molecular weight excluding hydrogens is 250 g/mol. The first kappa shape index (κ1) is 14.1. The molecule has 0 aromatic carbocycles. The van der Waals surface area contributed by atoms with Crippen molar-refractivity contribution in [1.29, 1.82) is 0 Å². The van der Waals surface area contributed by atoms with E-state index in [1.165, 1.54) is 44.2 Å². The fourth-order valence-corrected chi connectivity index (χ4v) is 3.74. The average molecular weight is 277 g/mol. The van der Waals surface area contributed by atoms with Crippen LogP contribution < -0.4 is 5.32 Å². The topological polar surface area (TPSA) is 39.1 Å². The molecule has 112 valence electrons. The van der Waals surface area contributed by atoms with Crippen LogP contribution in [0, 0.1) is 5.92 Å². The van der Waals surface area contributed by atoms with E-state index in [0.717, 1.165) is 25.6 Å². The number of ether oxygens (including phenoxy) is 1. The lowest BCUT2D eigenvalue weighted by molar-refractivity contribution is 0.0212. The van der Waals surface area contributed by atoms with Crippen molar-refractivity contribution >= 4 is 0 Å². The minimum Gasteiger partial charge on any atom is -0.369 e. The molecular formula is C16H27N3O. The van der Waals surface area contributed by atoms with Gasteiger partial charge in [-0.2, -0.15) is 0 Å². The quantitative estimate of drug-likeness (QED) is 0.919. The number of nitrogens with one attached hydrogen (secondary N) is 1. The highest BCUT2D eigenvalue weighted by molar-refractivity contribution is 5.07. The van der Waals surface area contributed by atoms with Crippen molar-refractivity contribution in [2.24, 2.45) is 5.92 Å². The largest absolute Gasteiger partial charge is 0.369 e. The Morgan fingerprint density at radius 1 is 1.35 bits per heavy atom. The first-order chi connectivity index (χ1) is 9.88. The maximum atomic E-state index is 5.89. The maximum Gasteiger partial charge on any atom is 0.111 e. The van der Waals surface area contributed by atoms with Crippen LogP contribution in [0.2, 0.25) is 0 Å². The van der Waals surface area contributed by atoms with Gasteiger partial charge in [-0.3, -0.25) is 0 Å². The second kappa shape index (κ2) is 6.72. The molecule has 2 fully saturated rings. The molecule has 1 aliphatic carbocycles. The third-order valence-electron chi connectivity index (χ3n) is 4.86. The maximum absolute atomic E-state index is 5.89. The molecule has 2 heterocycles. The van der Waals surface area contributed by atoms with Crippen LogP contribution in [-0.2, 0) is 4.74 Å². The van der Waals surface area contributed by atoms with Gasteiger partial charge in [0.1, 0.15) is 6.10 Å². The lowest BCUT2D eigenvalue weighted by atomic mass is 9.83.